The van der Waals surface area contributed by atoms with Crippen LogP contribution in [0, 0.1) is 13.8 Å². The van der Waals surface area contributed by atoms with Gasteiger partial charge in [0.15, 0.2) is 11.5 Å². The summed E-state index contributed by atoms with van der Waals surface area (Å²) >= 11 is 0. The van der Waals surface area contributed by atoms with Crippen molar-refractivity contribution >= 4 is 17.5 Å². The molecule has 0 bridgehead atoms. The van der Waals surface area contributed by atoms with Crippen LogP contribution < -0.4 is 14.8 Å². The molecule has 0 aromatic heterocycles. The molecule has 150 valence electrons. The predicted octanol–water partition coefficient (Wildman–Crippen LogP) is 3.81. The second-order valence-corrected chi connectivity index (χ2v) is 6.56. The number of aryl methyl sites for hydroxylation is 2. The zero-order valence-electron chi connectivity index (χ0n) is 17.2. The van der Waals surface area contributed by atoms with Gasteiger partial charge in [0, 0.05) is 18.3 Å². The Bertz CT molecular complexity index is 848. The van der Waals surface area contributed by atoms with E-state index >= 15 is 0 Å². The number of anilines is 1. The second kappa shape index (κ2) is 9.78. The molecule has 2 aromatic rings. The molecule has 0 unspecified atom stereocenters. The number of rotatable bonds is 8. The van der Waals surface area contributed by atoms with E-state index in [1.54, 1.807) is 25.2 Å². The minimum Gasteiger partial charge on any atom is -0.490 e. The maximum Gasteiger partial charge on any atom is 0.254 e. The van der Waals surface area contributed by atoms with Gasteiger partial charge in [-0.15, -0.1) is 0 Å². The first-order valence-electron chi connectivity index (χ1n) is 9.37. The molecule has 0 aliphatic heterocycles. The van der Waals surface area contributed by atoms with Crippen LogP contribution in [0.5, 0.6) is 11.5 Å². The summed E-state index contributed by atoms with van der Waals surface area (Å²) in [5, 5.41) is 2.87. The van der Waals surface area contributed by atoms with E-state index in [-0.39, 0.29) is 18.4 Å². The Labute approximate surface area is 166 Å². The summed E-state index contributed by atoms with van der Waals surface area (Å²) in [7, 11) is 1.60. The molecule has 0 spiro atoms. The Balaban J connectivity index is 2.08. The smallest absolute Gasteiger partial charge is 0.254 e. The summed E-state index contributed by atoms with van der Waals surface area (Å²) in [6.45, 7) is 8.57. The van der Waals surface area contributed by atoms with Crippen LogP contribution in [0.3, 0.4) is 0 Å². The zero-order chi connectivity index (χ0) is 20.7. The SMILES string of the molecule is CCOc1ccc(C(=O)N(C)CC(=O)Nc2cc(C)ccc2C)cc1OCC. The lowest BCUT2D eigenvalue weighted by molar-refractivity contribution is -0.116. The third-order valence-corrected chi connectivity index (χ3v) is 4.18. The lowest BCUT2D eigenvalue weighted by Gasteiger charge is -2.19. The number of likely N-dealkylation sites (N-methyl/N-ethyl adjacent to an activating group) is 1. The van der Waals surface area contributed by atoms with Crippen molar-refractivity contribution in [1.29, 1.82) is 0 Å². The first-order valence-corrected chi connectivity index (χ1v) is 9.37. The van der Waals surface area contributed by atoms with Gasteiger partial charge < -0.3 is 19.7 Å². The molecule has 0 fully saturated rings. The summed E-state index contributed by atoms with van der Waals surface area (Å²) in [5.41, 5.74) is 3.23. The highest BCUT2D eigenvalue weighted by molar-refractivity contribution is 5.99. The lowest BCUT2D eigenvalue weighted by Crippen LogP contribution is -2.35. The summed E-state index contributed by atoms with van der Waals surface area (Å²) < 4.78 is 11.1. The van der Waals surface area contributed by atoms with Gasteiger partial charge in [-0.2, -0.15) is 0 Å². The average molecular weight is 384 g/mol. The molecular weight excluding hydrogens is 356 g/mol. The second-order valence-electron chi connectivity index (χ2n) is 6.56. The van der Waals surface area contributed by atoms with Crippen LogP contribution >= 0.6 is 0 Å². The predicted molar refractivity (Wildman–Crippen MR) is 110 cm³/mol. The molecule has 0 aliphatic carbocycles. The van der Waals surface area contributed by atoms with Crippen LogP contribution in [0.1, 0.15) is 35.3 Å². The minimum absolute atomic E-state index is 0.0522. The molecule has 2 aromatic carbocycles. The van der Waals surface area contributed by atoms with E-state index in [4.69, 9.17) is 9.47 Å². The first kappa shape index (κ1) is 21.3. The molecule has 1 N–H and O–H groups in total. The Hall–Kier alpha value is -3.02. The molecule has 0 aliphatic rings. The number of amides is 2. The Kier molecular flexibility index (Phi) is 7.44. The number of hydrogen-bond acceptors (Lipinski definition) is 4. The lowest BCUT2D eigenvalue weighted by atomic mass is 10.1. The van der Waals surface area contributed by atoms with Gasteiger partial charge in [0.2, 0.25) is 5.91 Å². The van der Waals surface area contributed by atoms with Crippen LogP contribution in [-0.4, -0.2) is 43.5 Å². The third kappa shape index (κ3) is 5.49. The quantitative estimate of drug-likeness (QED) is 0.751. The van der Waals surface area contributed by atoms with Crippen LogP contribution in [0.25, 0.3) is 0 Å². The van der Waals surface area contributed by atoms with E-state index in [0.29, 0.717) is 30.3 Å². The van der Waals surface area contributed by atoms with Crippen molar-refractivity contribution in [2.24, 2.45) is 0 Å². The van der Waals surface area contributed by atoms with E-state index in [1.165, 1.54) is 4.90 Å². The summed E-state index contributed by atoms with van der Waals surface area (Å²) in [4.78, 5) is 26.5. The molecule has 0 saturated heterocycles. The van der Waals surface area contributed by atoms with Crippen LogP contribution in [0.2, 0.25) is 0 Å². The molecule has 28 heavy (non-hydrogen) atoms. The Morgan fingerprint density at radius 3 is 2.32 bits per heavy atom. The molecule has 2 rings (SSSR count). The van der Waals surface area contributed by atoms with Crippen LogP contribution in [-0.2, 0) is 4.79 Å². The van der Waals surface area contributed by atoms with Gasteiger partial charge in [-0.25, -0.2) is 0 Å². The highest BCUT2D eigenvalue weighted by atomic mass is 16.5. The molecule has 6 nitrogen and oxygen atoms in total. The molecule has 0 radical (unpaired) electrons. The fraction of sp³-hybridized carbons (Fsp3) is 0.364. The van der Waals surface area contributed by atoms with Gasteiger partial charge in [-0.3, -0.25) is 9.59 Å². The van der Waals surface area contributed by atoms with Crippen molar-refractivity contribution in [1.82, 2.24) is 4.90 Å². The fourth-order valence-electron chi connectivity index (χ4n) is 2.75. The first-order chi connectivity index (χ1) is 13.3. The number of ether oxygens (including phenoxy) is 2. The van der Waals surface area contributed by atoms with Crippen molar-refractivity contribution in [2.45, 2.75) is 27.7 Å². The van der Waals surface area contributed by atoms with Crippen molar-refractivity contribution < 1.29 is 19.1 Å². The van der Waals surface area contributed by atoms with Crippen molar-refractivity contribution in [2.75, 3.05) is 32.1 Å². The largest absolute Gasteiger partial charge is 0.490 e. The van der Waals surface area contributed by atoms with Crippen LogP contribution in [0.4, 0.5) is 5.69 Å². The van der Waals surface area contributed by atoms with E-state index in [2.05, 4.69) is 5.32 Å². The van der Waals surface area contributed by atoms with E-state index in [1.807, 2.05) is 45.9 Å². The van der Waals surface area contributed by atoms with E-state index in [0.717, 1.165) is 16.8 Å². The minimum atomic E-state index is -0.264. The molecule has 0 saturated carbocycles. The monoisotopic (exact) mass is 384 g/mol. The average Bonchev–Trinajstić information content (AvgIpc) is 2.65. The van der Waals surface area contributed by atoms with Crippen LogP contribution in [0.15, 0.2) is 36.4 Å². The van der Waals surface area contributed by atoms with Gasteiger partial charge in [0.25, 0.3) is 5.91 Å². The number of nitrogens with zero attached hydrogens (tertiary/aromatic N) is 1. The summed E-state index contributed by atoms with van der Waals surface area (Å²) in [6.07, 6.45) is 0. The normalized spacial score (nSPS) is 10.3. The standard InChI is InChI=1S/C22H28N2O4/c1-6-27-19-11-10-17(13-20(19)28-7-2)22(26)24(5)14-21(25)23-18-12-15(3)8-9-16(18)4/h8-13H,6-7,14H2,1-5H3,(H,23,25). The molecule has 0 atom stereocenters. The molecular formula is C22H28N2O4. The van der Waals surface area contributed by atoms with Gasteiger partial charge in [0.05, 0.1) is 19.8 Å². The Morgan fingerprint density at radius 2 is 1.64 bits per heavy atom. The van der Waals surface area contributed by atoms with E-state index < -0.39 is 0 Å². The molecule has 2 amide bonds. The number of nitrogens with one attached hydrogen (secondary N) is 1. The number of carbonyl (C=O) groups excluding carboxylic acids is 2. The van der Waals surface area contributed by atoms with Gasteiger partial charge in [-0.05, 0) is 63.1 Å². The maximum atomic E-state index is 12.7. The summed E-state index contributed by atoms with van der Waals surface area (Å²) in [6, 6.07) is 10.9. The summed E-state index contributed by atoms with van der Waals surface area (Å²) in [5.74, 6) is 0.597. The van der Waals surface area contributed by atoms with Gasteiger partial charge in [-0.1, -0.05) is 12.1 Å². The number of carbonyl (C=O) groups is 2. The van der Waals surface area contributed by atoms with Gasteiger partial charge in [0.1, 0.15) is 0 Å². The fourth-order valence-corrected chi connectivity index (χ4v) is 2.75. The van der Waals surface area contributed by atoms with Crippen molar-refractivity contribution in [3.63, 3.8) is 0 Å². The maximum absolute atomic E-state index is 12.7. The van der Waals surface area contributed by atoms with Crippen molar-refractivity contribution in [3.05, 3.63) is 53.1 Å². The highest BCUT2D eigenvalue weighted by Crippen LogP contribution is 2.29. The topological polar surface area (TPSA) is 67.9 Å². The highest BCUT2D eigenvalue weighted by Gasteiger charge is 2.18. The van der Waals surface area contributed by atoms with E-state index in [9.17, 15) is 9.59 Å². The zero-order valence-corrected chi connectivity index (χ0v) is 17.2. The number of benzene rings is 2. The molecule has 0 heterocycles. The molecule has 6 heteroatoms. The van der Waals surface area contributed by atoms with Crippen molar-refractivity contribution in [3.8, 4) is 11.5 Å². The Morgan fingerprint density at radius 1 is 0.964 bits per heavy atom. The number of hydrogen-bond donors (Lipinski definition) is 1. The third-order valence-electron chi connectivity index (χ3n) is 4.18. The van der Waals surface area contributed by atoms with Gasteiger partial charge >= 0.3 is 0 Å².